The van der Waals surface area contributed by atoms with Gasteiger partial charge in [-0.3, -0.25) is 0 Å². The highest BCUT2D eigenvalue weighted by Gasteiger charge is 2.41. The molecule has 1 saturated heterocycles. The maximum Gasteiger partial charge on any atom is 0.141 e. The van der Waals surface area contributed by atoms with Crippen molar-refractivity contribution in [3.63, 3.8) is 0 Å². The molecular weight excluding hydrogens is 298 g/mol. The van der Waals surface area contributed by atoms with Gasteiger partial charge in [-0.15, -0.1) is 11.3 Å². The monoisotopic (exact) mass is 319 g/mol. The van der Waals surface area contributed by atoms with Crippen molar-refractivity contribution in [2.45, 2.75) is 38.9 Å². The van der Waals surface area contributed by atoms with E-state index < -0.39 is 12.2 Å². The first kappa shape index (κ1) is 14.4. The predicted octanol–water partition coefficient (Wildman–Crippen LogP) is 1.88. The summed E-state index contributed by atoms with van der Waals surface area (Å²) in [7, 11) is 0. The molecule has 0 bridgehead atoms. The zero-order valence-corrected chi connectivity index (χ0v) is 13.7. The summed E-state index contributed by atoms with van der Waals surface area (Å²) in [5, 5.41) is 21.0. The van der Waals surface area contributed by atoms with E-state index in [9.17, 15) is 10.2 Å². The van der Waals surface area contributed by atoms with Crippen LogP contribution in [0.4, 0.5) is 5.82 Å². The summed E-state index contributed by atoms with van der Waals surface area (Å²) in [5.41, 5.74) is 1.27. The minimum Gasteiger partial charge on any atom is -0.390 e. The van der Waals surface area contributed by atoms with Crippen LogP contribution >= 0.6 is 11.3 Å². The van der Waals surface area contributed by atoms with E-state index in [1.807, 2.05) is 0 Å². The Balaban J connectivity index is 1.69. The lowest BCUT2D eigenvalue weighted by Crippen LogP contribution is -2.38. The van der Waals surface area contributed by atoms with Gasteiger partial charge >= 0.3 is 0 Å². The Bertz CT molecular complexity index is 699. The van der Waals surface area contributed by atoms with Crippen molar-refractivity contribution in [1.29, 1.82) is 0 Å². The van der Waals surface area contributed by atoms with Crippen LogP contribution in [-0.2, 0) is 0 Å². The molecule has 4 atom stereocenters. The number of aryl methyl sites for hydroxylation is 2. The molecule has 0 amide bonds. The fourth-order valence-corrected chi connectivity index (χ4v) is 4.98. The van der Waals surface area contributed by atoms with Gasteiger partial charge in [0, 0.05) is 18.0 Å². The lowest BCUT2D eigenvalue weighted by atomic mass is 9.79. The second-order valence-electron chi connectivity index (χ2n) is 6.69. The molecule has 2 fully saturated rings. The molecule has 2 N–H and O–H groups in total. The number of hydrogen-bond acceptors (Lipinski definition) is 6. The van der Waals surface area contributed by atoms with Crippen molar-refractivity contribution in [3.05, 3.63) is 16.8 Å². The first-order chi connectivity index (χ1) is 10.5. The fourth-order valence-electron chi connectivity index (χ4n) is 3.98. The van der Waals surface area contributed by atoms with Crippen LogP contribution in [0, 0.1) is 25.7 Å². The van der Waals surface area contributed by atoms with Gasteiger partial charge in [-0.1, -0.05) is 0 Å². The summed E-state index contributed by atoms with van der Waals surface area (Å²) in [6, 6.07) is 0. The third-order valence-electron chi connectivity index (χ3n) is 5.35. The number of hydrogen-bond donors (Lipinski definition) is 2. The molecule has 22 heavy (non-hydrogen) atoms. The van der Waals surface area contributed by atoms with Crippen LogP contribution in [0.3, 0.4) is 0 Å². The topological polar surface area (TPSA) is 69.5 Å². The average Bonchev–Trinajstić information content (AvgIpc) is 3.01. The summed E-state index contributed by atoms with van der Waals surface area (Å²) >= 11 is 1.72. The van der Waals surface area contributed by atoms with Gasteiger partial charge in [0.05, 0.1) is 17.6 Å². The van der Waals surface area contributed by atoms with Gasteiger partial charge in [0.15, 0.2) is 0 Å². The highest BCUT2D eigenvalue weighted by atomic mass is 32.1. The second kappa shape index (κ2) is 5.15. The van der Waals surface area contributed by atoms with Gasteiger partial charge in [0.1, 0.15) is 17.0 Å². The highest BCUT2D eigenvalue weighted by molar-refractivity contribution is 7.18. The Morgan fingerprint density at radius 2 is 1.73 bits per heavy atom. The second-order valence-corrected chi connectivity index (χ2v) is 7.90. The van der Waals surface area contributed by atoms with Crippen LogP contribution in [0.25, 0.3) is 10.2 Å². The van der Waals surface area contributed by atoms with Crippen molar-refractivity contribution in [2.24, 2.45) is 11.8 Å². The lowest BCUT2D eigenvalue weighted by Gasteiger charge is -2.31. The molecule has 0 aromatic carbocycles. The maximum atomic E-state index is 9.91. The van der Waals surface area contributed by atoms with Gasteiger partial charge in [-0.05, 0) is 44.1 Å². The third-order valence-corrected chi connectivity index (χ3v) is 6.47. The molecule has 1 aliphatic carbocycles. The van der Waals surface area contributed by atoms with Crippen LogP contribution in [0.2, 0.25) is 0 Å². The fraction of sp³-hybridized carbons (Fsp3) is 0.625. The Kier molecular flexibility index (Phi) is 3.36. The number of anilines is 1. The number of rotatable bonds is 1. The van der Waals surface area contributed by atoms with Gasteiger partial charge in [-0.2, -0.15) is 0 Å². The molecule has 0 spiro atoms. The lowest BCUT2D eigenvalue weighted by molar-refractivity contribution is -0.0372. The number of thiophene rings is 1. The minimum atomic E-state index is -0.572. The van der Waals surface area contributed by atoms with Crippen LogP contribution in [-0.4, -0.2) is 45.5 Å². The van der Waals surface area contributed by atoms with E-state index in [0.717, 1.165) is 23.7 Å². The first-order valence-electron chi connectivity index (χ1n) is 7.86. The van der Waals surface area contributed by atoms with Gasteiger partial charge < -0.3 is 15.1 Å². The van der Waals surface area contributed by atoms with Crippen molar-refractivity contribution in [3.8, 4) is 0 Å². The average molecular weight is 319 g/mol. The molecule has 4 rings (SSSR count). The Morgan fingerprint density at radius 1 is 1.09 bits per heavy atom. The standard InChI is InChI=1S/C16H21N3O2S/c1-8-9(2)22-16-14(8)15(17-7-18-16)19-5-10-3-12(20)13(21)4-11(10)6-19/h7,10-13,20-21H,3-6H2,1-2H3/t10-,11+,12+,13-. The van der Waals surface area contributed by atoms with E-state index in [0.29, 0.717) is 24.7 Å². The molecule has 1 aliphatic heterocycles. The first-order valence-corrected chi connectivity index (χ1v) is 8.68. The van der Waals surface area contributed by atoms with Crippen LogP contribution in [0.15, 0.2) is 6.33 Å². The summed E-state index contributed by atoms with van der Waals surface area (Å²) in [6.07, 6.45) is 1.89. The molecule has 0 unspecified atom stereocenters. The number of fused-ring (bicyclic) bond motifs is 2. The Morgan fingerprint density at radius 3 is 2.36 bits per heavy atom. The van der Waals surface area contributed by atoms with Crippen LogP contribution in [0.1, 0.15) is 23.3 Å². The molecule has 2 aromatic rings. The molecule has 3 heterocycles. The Labute approximate surface area is 133 Å². The van der Waals surface area contributed by atoms with Crippen LogP contribution in [0.5, 0.6) is 0 Å². The van der Waals surface area contributed by atoms with Gasteiger partial charge in [-0.25, -0.2) is 9.97 Å². The van der Waals surface area contributed by atoms with E-state index in [4.69, 9.17) is 0 Å². The van der Waals surface area contributed by atoms with Gasteiger partial charge in [0.25, 0.3) is 0 Å². The number of aromatic nitrogens is 2. The smallest absolute Gasteiger partial charge is 0.141 e. The molecule has 2 aliphatic rings. The van der Waals surface area contributed by atoms with Crippen LogP contribution < -0.4 is 4.90 Å². The summed E-state index contributed by atoms with van der Waals surface area (Å²) in [4.78, 5) is 13.6. The Hall–Kier alpha value is -1.24. The number of aliphatic hydroxyl groups excluding tert-OH is 2. The third kappa shape index (κ3) is 2.13. The molecule has 118 valence electrons. The van der Waals surface area contributed by atoms with E-state index >= 15 is 0 Å². The zero-order valence-electron chi connectivity index (χ0n) is 12.9. The van der Waals surface area contributed by atoms with Crippen molar-refractivity contribution in [2.75, 3.05) is 18.0 Å². The van der Waals surface area contributed by atoms with Crippen molar-refractivity contribution >= 4 is 27.4 Å². The van der Waals surface area contributed by atoms with E-state index in [1.165, 1.54) is 15.8 Å². The van der Waals surface area contributed by atoms with E-state index in [-0.39, 0.29) is 0 Å². The molecule has 0 radical (unpaired) electrons. The van der Waals surface area contributed by atoms with Crippen molar-refractivity contribution in [1.82, 2.24) is 9.97 Å². The molecule has 5 nitrogen and oxygen atoms in total. The molecule has 6 heteroatoms. The minimum absolute atomic E-state index is 0.448. The summed E-state index contributed by atoms with van der Waals surface area (Å²) in [6.45, 7) is 6.09. The largest absolute Gasteiger partial charge is 0.390 e. The van der Waals surface area contributed by atoms with Gasteiger partial charge in [0.2, 0.25) is 0 Å². The summed E-state index contributed by atoms with van der Waals surface area (Å²) < 4.78 is 0. The number of nitrogens with zero attached hydrogens (tertiary/aromatic N) is 3. The normalized spacial score (nSPS) is 31.7. The molecule has 2 aromatic heterocycles. The number of aliphatic hydroxyl groups is 2. The molecule has 1 saturated carbocycles. The molecular formula is C16H21N3O2S. The summed E-state index contributed by atoms with van der Waals surface area (Å²) in [5.74, 6) is 1.91. The quantitative estimate of drug-likeness (QED) is 0.840. The van der Waals surface area contributed by atoms with E-state index in [1.54, 1.807) is 17.7 Å². The van der Waals surface area contributed by atoms with Crippen molar-refractivity contribution < 1.29 is 10.2 Å². The maximum absolute atomic E-state index is 9.91. The predicted molar refractivity (Wildman–Crippen MR) is 87.3 cm³/mol. The zero-order chi connectivity index (χ0) is 15.4. The van der Waals surface area contributed by atoms with E-state index in [2.05, 4.69) is 28.7 Å². The highest BCUT2D eigenvalue weighted by Crippen LogP contribution is 2.41. The SMILES string of the molecule is Cc1sc2ncnc(N3C[C@H]4C[C@H](O)[C@H](O)C[C@H]4C3)c2c1C.